The molecule has 0 N–H and O–H groups in total. The van der Waals surface area contributed by atoms with Crippen LogP contribution in [-0.2, 0) is 6.54 Å². The van der Waals surface area contributed by atoms with Crippen LogP contribution in [0.15, 0.2) is 55.1 Å². The Morgan fingerprint density at radius 3 is 2.24 bits per heavy atom. The van der Waals surface area contributed by atoms with Gasteiger partial charge in [-0.2, -0.15) is 0 Å². The van der Waals surface area contributed by atoms with Crippen molar-refractivity contribution in [2.24, 2.45) is 0 Å². The number of imidazole rings is 1. The summed E-state index contributed by atoms with van der Waals surface area (Å²) in [5.74, 6) is 2.24. The molecule has 0 aliphatic heterocycles. The van der Waals surface area contributed by atoms with Gasteiger partial charge in [0.15, 0.2) is 11.5 Å². The van der Waals surface area contributed by atoms with E-state index in [0.29, 0.717) is 36.1 Å². The van der Waals surface area contributed by atoms with Crippen LogP contribution in [0.25, 0.3) is 0 Å². The molecule has 0 spiro atoms. The summed E-state index contributed by atoms with van der Waals surface area (Å²) in [6, 6.07) is 9.94. The molecule has 154 valence electrons. The first-order valence-electron chi connectivity index (χ1n) is 9.28. The van der Waals surface area contributed by atoms with Crippen molar-refractivity contribution >= 4 is 0 Å². The number of hydrogen-bond donors (Lipinski definition) is 0. The number of aromatic nitrogens is 2. The molecule has 2 aromatic carbocycles. The summed E-state index contributed by atoms with van der Waals surface area (Å²) >= 11 is 0. The fourth-order valence-electron chi connectivity index (χ4n) is 3.20. The lowest BCUT2D eigenvalue weighted by Crippen LogP contribution is -2.13. The van der Waals surface area contributed by atoms with Crippen molar-refractivity contribution in [2.45, 2.75) is 18.9 Å². The van der Waals surface area contributed by atoms with Gasteiger partial charge in [-0.05, 0) is 48.4 Å². The smallest absolute Gasteiger partial charge is 0.203 e. The molecule has 3 aromatic rings. The molecule has 0 aliphatic carbocycles. The normalized spacial score (nSPS) is 11.7. The maximum Gasteiger partial charge on any atom is 0.203 e. The molecule has 6 nitrogen and oxygen atoms in total. The van der Waals surface area contributed by atoms with Gasteiger partial charge in [0.05, 0.1) is 34.3 Å². The number of ether oxygens (including phenoxy) is 4. The summed E-state index contributed by atoms with van der Waals surface area (Å²) < 4.78 is 37.3. The Bertz CT molecular complexity index is 873. The highest BCUT2D eigenvalue weighted by Crippen LogP contribution is 2.41. The fraction of sp³-hybridized carbons (Fsp3) is 0.318. The van der Waals surface area contributed by atoms with E-state index in [9.17, 15) is 4.39 Å². The summed E-state index contributed by atoms with van der Waals surface area (Å²) in [5.41, 5.74) is 1.04. The van der Waals surface area contributed by atoms with E-state index in [0.717, 1.165) is 12.0 Å². The molecule has 0 amide bonds. The highest BCUT2D eigenvalue weighted by atomic mass is 19.1. The van der Waals surface area contributed by atoms with Gasteiger partial charge in [0.2, 0.25) is 5.75 Å². The van der Waals surface area contributed by atoms with Gasteiger partial charge in [0.1, 0.15) is 11.6 Å². The van der Waals surface area contributed by atoms with Crippen LogP contribution < -0.4 is 18.9 Å². The number of halogens is 1. The van der Waals surface area contributed by atoms with E-state index in [1.165, 1.54) is 12.1 Å². The second-order valence-corrected chi connectivity index (χ2v) is 6.51. The Hall–Kier alpha value is -3.22. The summed E-state index contributed by atoms with van der Waals surface area (Å²) in [4.78, 5) is 4.13. The fourth-order valence-corrected chi connectivity index (χ4v) is 3.20. The number of benzene rings is 2. The second-order valence-electron chi connectivity index (χ2n) is 6.51. The predicted molar refractivity (Wildman–Crippen MR) is 108 cm³/mol. The Labute approximate surface area is 169 Å². The highest BCUT2D eigenvalue weighted by molar-refractivity contribution is 5.54. The molecule has 0 aliphatic rings. The summed E-state index contributed by atoms with van der Waals surface area (Å²) in [6.45, 7) is 1.19. The first-order valence-corrected chi connectivity index (χ1v) is 9.28. The Kier molecular flexibility index (Phi) is 6.94. The molecule has 1 atom stereocenters. The van der Waals surface area contributed by atoms with E-state index in [4.69, 9.17) is 18.9 Å². The SMILES string of the molecule is COc1cc(C(CCOc2ccc(F)cc2)Cn2ccnc2)cc(OC)c1OC. The van der Waals surface area contributed by atoms with Crippen LogP contribution in [0.1, 0.15) is 17.9 Å². The molecule has 1 heterocycles. The molecule has 29 heavy (non-hydrogen) atoms. The average molecular weight is 400 g/mol. The number of rotatable bonds is 10. The lowest BCUT2D eigenvalue weighted by Gasteiger charge is -2.21. The van der Waals surface area contributed by atoms with Gasteiger partial charge in [0.25, 0.3) is 0 Å². The molecule has 0 fully saturated rings. The van der Waals surface area contributed by atoms with Gasteiger partial charge < -0.3 is 23.5 Å². The van der Waals surface area contributed by atoms with E-state index >= 15 is 0 Å². The monoisotopic (exact) mass is 400 g/mol. The van der Waals surface area contributed by atoms with E-state index in [-0.39, 0.29) is 11.7 Å². The minimum atomic E-state index is -0.284. The third kappa shape index (κ3) is 5.19. The van der Waals surface area contributed by atoms with Gasteiger partial charge in [-0.15, -0.1) is 0 Å². The Morgan fingerprint density at radius 2 is 1.69 bits per heavy atom. The Balaban J connectivity index is 1.82. The quantitative estimate of drug-likeness (QED) is 0.508. The summed E-state index contributed by atoms with van der Waals surface area (Å²) in [7, 11) is 4.78. The first kappa shape index (κ1) is 20.5. The van der Waals surface area contributed by atoms with Gasteiger partial charge in [-0.3, -0.25) is 0 Å². The highest BCUT2D eigenvalue weighted by Gasteiger charge is 2.19. The van der Waals surface area contributed by atoms with Gasteiger partial charge in [-0.25, -0.2) is 9.37 Å². The van der Waals surface area contributed by atoms with Crippen LogP contribution in [0.4, 0.5) is 4.39 Å². The van der Waals surface area contributed by atoms with Crippen molar-refractivity contribution in [3.63, 3.8) is 0 Å². The molecule has 0 bridgehead atoms. The number of nitrogens with zero attached hydrogens (tertiary/aromatic N) is 2. The maximum absolute atomic E-state index is 13.1. The first-order chi connectivity index (χ1) is 14.1. The average Bonchev–Trinajstić information content (AvgIpc) is 3.26. The van der Waals surface area contributed by atoms with Crippen LogP contribution in [0.5, 0.6) is 23.0 Å². The largest absolute Gasteiger partial charge is 0.494 e. The molecule has 0 radical (unpaired) electrons. The molecule has 1 unspecified atom stereocenters. The molecule has 7 heteroatoms. The third-order valence-electron chi connectivity index (χ3n) is 4.70. The summed E-state index contributed by atoms with van der Waals surface area (Å²) in [5, 5.41) is 0. The maximum atomic E-state index is 13.1. The van der Waals surface area contributed by atoms with E-state index in [2.05, 4.69) is 4.98 Å². The van der Waals surface area contributed by atoms with E-state index < -0.39 is 0 Å². The predicted octanol–water partition coefficient (Wildman–Crippen LogP) is 4.30. The van der Waals surface area contributed by atoms with Crippen molar-refractivity contribution in [3.05, 3.63) is 66.5 Å². The lowest BCUT2D eigenvalue weighted by molar-refractivity contribution is 0.289. The van der Waals surface area contributed by atoms with Crippen LogP contribution in [0, 0.1) is 5.82 Å². The molecular weight excluding hydrogens is 375 g/mol. The number of hydrogen-bond acceptors (Lipinski definition) is 5. The zero-order valence-corrected chi connectivity index (χ0v) is 16.8. The minimum absolute atomic E-state index is 0.110. The van der Waals surface area contributed by atoms with Crippen LogP contribution >= 0.6 is 0 Å². The Morgan fingerprint density at radius 1 is 1.00 bits per heavy atom. The minimum Gasteiger partial charge on any atom is -0.494 e. The van der Waals surface area contributed by atoms with Crippen molar-refractivity contribution in [3.8, 4) is 23.0 Å². The van der Waals surface area contributed by atoms with Crippen molar-refractivity contribution in [1.82, 2.24) is 9.55 Å². The molecule has 0 saturated heterocycles. The number of methoxy groups -OCH3 is 3. The van der Waals surface area contributed by atoms with E-state index in [1.807, 2.05) is 22.9 Å². The van der Waals surface area contributed by atoms with Gasteiger partial charge in [0, 0.05) is 24.9 Å². The van der Waals surface area contributed by atoms with Crippen molar-refractivity contribution < 1.29 is 23.3 Å². The molecular formula is C22H25FN2O4. The molecule has 3 rings (SSSR count). The van der Waals surface area contributed by atoms with Gasteiger partial charge in [-0.1, -0.05) is 0 Å². The standard InChI is InChI=1S/C22H25FN2O4/c1-26-20-12-17(13-21(27-2)22(20)28-3)16(14-25-10-9-24-15-25)8-11-29-19-6-4-18(23)5-7-19/h4-7,9-10,12-13,15-16H,8,11,14H2,1-3H3. The van der Waals surface area contributed by atoms with Gasteiger partial charge >= 0.3 is 0 Å². The van der Waals surface area contributed by atoms with E-state index in [1.54, 1.807) is 46.0 Å². The topological polar surface area (TPSA) is 54.7 Å². The van der Waals surface area contributed by atoms with Crippen molar-refractivity contribution in [1.29, 1.82) is 0 Å². The zero-order chi connectivity index (χ0) is 20.6. The van der Waals surface area contributed by atoms with Crippen molar-refractivity contribution in [2.75, 3.05) is 27.9 Å². The molecule has 0 saturated carbocycles. The van der Waals surface area contributed by atoms with Crippen LogP contribution in [-0.4, -0.2) is 37.5 Å². The van der Waals surface area contributed by atoms with Crippen LogP contribution in [0.2, 0.25) is 0 Å². The zero-order valence-electron chi connectivity index (χ0n) is 16.8. The molecule has 1 aromatic heterocycles. The third-order valence-corrected chi connectivity index (χ3v) is 4.70. The second kappa shape index (κ2) is 9.82. The summed E-state index contributed by atoms with van der Waals surface area (Å²) in [6.07, 6.45) is 6.19. The van der Waals surface area contributed by atoms with Crippen LogP contribution in [0.3, 0.4) is 0 Å². The lowest BCUT2D eigenvalue weighted by atomic mass is 9.95.